The van der Waals surface area contributed by atoms with E-state index in [1.165, 1.54) is 0 Å². The monoisotopic (exact) mass is 534 g/mol. The Morgan fingerprint density at radius 2 is 1.09 bits per heavy atom. The van der Waals surface area contributed by atoms with E-state index in [0.717, 1.165) is 6.07 Å². The van der Waals surface area contributed by atoms with E-state index in [9.17, 15) is 51.0 Å². The molecule has 0 heterocycles. The Balaban J connectivity index is 0.000000320. The maximum atomic E-state index is 13.0. The Morgan fingerprint density at radius 3 is 1.47 bits per heavy atom. The Bertz CT molecular complexity index is 952. The highest BCUT2D eigenvalue weighted by Gasteiger charge is 2.33. The van der Waals surface area contributed by atoms with Gasteiger partial charge in [-0.1, -0.05) is 34.8 Å². The predicted molar refractivity (Wildman–Crippen MR) is 94.5 cm³/mol. The van der Waals surface area contributed by atoms with Crippen LogP contribution in [0.4, 0.5) is 42.1 Å². The van der Waals surface area contributed by atoms with Gasteiger partial charge in [0.05, 0.1) is 32.0 Å². The molecule has 0 saturated heterocycles. The molecular formula is C14H4Cl3F7N2O6. The topological polar surface area (TPSA) is 105 Å². The first-order chi connectivity index (χ1) is 14.4. The first kappa shape index (κ1) is 27.3. The summed E-state index contributed by atoms with van der Waals surface area (Å²) in [6.07, 6.45) is -9.99. The SMILES string of the molecule is O=[N+]([O-])c1cc(OC(F)(F)F)cc(Cl)c1Cl.O=[N+]([O-])c1cc(OC(F)(F)F)cc(Cl)c1F. The summed E-state index contributed by atoms with van der Waals surface area (Å²) in [5.74, 6) is -3.17. The molecule has 0 bridgehead atoms. The second-order valence-electron chi connectivity index (χ2n) is 5.09. The first-order valence-corrected chi connectivity index (χ1v) is 8.33. The lowest BCUT2D eigenvalue weighted by molar-refractivity contribution is -0.387. The van der Waals surface area contributed by atoms with Gasteiger partial charge in [-0.25, -0.2) is 0 Å². The van der Waals surface area contributed by atoms with E-state index < -0.39 is 66.3 Å². The molecule has 2 aromatic carbocycles. The van der Waals surface area contributed by atoms with Crippen molar-refractivity contribution in [3.05, 3.63) is 65.4 Å². The van der Waals surface area contributed by atoms with Crippen LogP contribution < -0.4 is 9.47 Å². The second-order valence-corrected chi connectivity index (χ2v) is 6.28. The average molecular weight is 536 g/mol. The molecule has 0 unspecified atom stereocenters. The number of nitro benzene ring substituents is 2. The number of hydrogen-bond donors (Lipinski definition) is 0. The fraction of sp³-hybridized carbons (Fsp3) is 0.143. The highest BCUT2D eigenvalue weighted by molar-refractivity contribution is 6.43. The molecule has 0 radical (unpaired) electrons. The quantitative estimate of drug-likeness (QED) is 0.235. The molecule has 0 atom stereocenters. The molecule has 0 spiro atoms. The summed E-state index contributed by atoms with van der Waals surface area (Å²) in [6.45, 7) is 0. The standard InChI is InChI=1S/C7H2Cl2F3NO3.C7H2ClF4NO3/c2*8-4-1-3(16-7(10,11)12)2-5(6(4)9)13(14)15/h2*1-2H. The van der Waals surface area contributed by atoms with Gasteiger partial charge in [0.1, 0.15) is 16.5 Å². The van der Waals surface area contributed by atoms with E-state index in [0.29, 0.717) is 18.2 Å². The molecular weight excluding hydrogens is 532 g/mol. The zero-order valence-electron chi connectivity index (χ0n) is 14.4. The lowest BCUT2D eigenvalue weighted by atomic mass is 10.3. The third-order valence-electron chi connectivity index (χ3n) is 2.83. The number of hydrogen-bond acceptors (Lipinski definition) is 6. The average Bonchev–Trinajstić information content (AvgIpc) is 2.58. The highest BCUT2D eigenvalue weighted by atomic mass is 35.5. The van der Waals surface area contributed by atoms with Crippen molar-refractivity contribution in [2.75, 3.05) is 0 Å². The van der Waals surface area contributed by atoms with Crippen LogP contribution in [0.2, 0.25) is 15.1 Å². The van der Waals surface area contributed by atoms with Gasteiger partial charge in [0.25, 0.3) is 5.69 Å². The van der Waals surface area contributed by atoms with E-state index in [1.807, 2.05) is 0 Å². The molecule has 2 rings (SSSR count). The van der Waals surface area contributed by atoms with Gasteiger partial charge in [0, 0.05) is 12.1 Å². The molecule has 0 aliphatic heterocycles. The van der Waals surface area contributed by atoms with Crippen molar-refractivity contribution in [2.24, 2.45) is 0 Å². The highest BCUT2D eigenvalue weighted by Crippen LogP contribution is 2.37. The number of alkyl halides is 6. The van der Waals surface area contributed by atoms with Crippen molar-refractivity contribution >= 4 is 46.2 Å². The van der Waals surface area contributed by atoms with Crippen LogP contribution in [-0.4, -0.2) is 22.6 Å². The summed E-state index contributed by atoms with van der Waals surface area (Å²) in [7, 11) is 0. The summed E-state index contributed by atoms with van der Waals surface area (Å²) in [5.41, 5.74) is -1.94. The minimum atomic E-state index is -5.03. The van der Waals surface area contributed by atoms with Crippen LogP contribution in [0.1, 0.15) is 0 Å². The summed E-state index contributed by atoms with van der Waals surface area (Å²) in [4.78, 5) is 18.5. The molecule has 32 heavy (non-hydrogen) atoms. The fourth-order valence-electron chi connectivity index (χ4n) is 1.75. The Kier molecular flexibility index (Phi) is 8.71. The van der Waals surface area contributed by atoms with E-state index >= 15 is 0 Å². The van der Waals surface area contributed by atoms with Crippen molar-refractivity contribution in [3.8, 4) is 11.5 Å². The lowest BCUT2D eigenvalue weighted by Gasteiger charge is -2.09. The zero-order valence-corrected chi connectivity index (χ0v) is 16.7. The number of nitro groups is 2. The minimum absolute atomic E-state index is 0.300. The fourth-order valence-corrected chi connectivity index (χ4v) is 2.34. The van der Waals surface area contributed by atoms with Gasteiger partial charge in [-0.15, -0.1) is 26.3 Å². The summed E-state index contributed by atoms with van der Waals surface area (Å²) in [5, 5.41) is 19.0. The Hall–Kier alpha value is -2.78. The van der Waals surface area contributed by atoms with E-state index in [4.69, 9.17) is 34.8 Å². The van der Waals surface area contributed by atoms with Gasteiger partial charge in [-0.05, 0) is 0 Å². The molecule has 18 heteroatoms. The largest absolute Gasteiger partial charge is 0.573 e. The van der Waals surface area contributed by atoms with Crippen molar-refractivity contribution in [2.45, 2.75) is 12.7 Å². The third-order valence-corrected chi connectivity index (χ3v) is 3.89. The van der Waals surface area contributed by atoms with Crippen LogP contribution in [0.5, 0.6) is 11.5 Å². The molecule has 0 amide bonds. The summed E-state index contributed by atoms with van der Waals surface area (Å²) >= 11 is 16.0. The number of benzene rings is 2. The molecule has 2 aromatic rings. The van der Waals surface area contributed by atoms with Gasteiger partial charge < -0.3 is 9.47 Å². The number of ether oxygens (including phenoxy) is 2. The van der Waals surface area contributed by atoms with Crippen LogP contribution >= 0.6 is 34.8 Å². The molecule has 0 saturated carbocycles. The minimum Gasteiger partial charge on any atom is -0.405 e. The van der Waals surface area contributed by atoms with Gasteiger partial charge in [-0.3, -0.25) is 20.2 Å². The maximum absolute atomic E-state index is 13.0. The van der Waals surface area contributed by atoms with Crippen LogP contribution in [-0.2, 0) is 0 Å². The van der Waals surface area contributed by atoms with Crippen molar-refractivity contribution in [1.29, 1.82) is 0 Å². The number of rotatable bonds is 4. The molecule has 0 aromatic heterocycles. The van der Waals surface area contributed by atoms with Crippen molar-refractivity contribution < 1.29 is 50.1 Å². The number of halogens is 10. The van der Waals surface area contributed by atoms with Crippen LogP contribution in [0.3, 0.4) is 0 Å². The Labute approximate surface area is 186 Å². The van der Waals surface area contributed by atoms with Gasteiger partial charge in [-0.2, -0.15) is 4.39 Å². The smallest absolute Gasteiger partial charge is 0.405 e. The second kappa shape index (κ2) is 10.2. The zero-order chi connectivity index (χ0) is 25.0. The predicted octanol–water partition coefficient (Wildman–Crippen LogP) is 7.09. The summed E-state index contributed by atoms with van der Waals surface area (Å²) in [6, 6.07) is 2.08. The lowest BCUT2D eigenvalue weighted by Crippen LogP contribution is -2.17. The normalized spacial score (nSPS) is 11.3. The molecule has 0 N–H and O–H groups in total. The van der Waals surface area contributed by atoms with Gasteiger partial charge in [0.15, 0.2) is 0 Å². The molecule has 0 aliphatic carbocycles. The van der Waals surface area contributed by atoms with Gasteiger partial charge in [0.2, 0.25) is 5.82 Å². The van der Waals surface area contributed by atoms with Crippen molar-refractivity contribution in [1.82, 2.24) is 0 Å². The van der Waals surface area contributed by atoms with Crippen LogP contribution in [0.25, 0.3) is 0 Å². The van der Waals surface area contributed by atoms with Crippen LogP contribution in [0.15, 0.2) is 24.3 Å². The first-order valence-electron chi connectivity index (χ1n) is 7.19. The van der Waals surface area contributed by atoms with Crippen LogP contribution in [0, 0.1) is 26.0 Å². The molecule has 0 aliphatic rings. The maximum Gasteiger partial charge on any atom is 0.573 e. The summed E-state index contributed by atoms with van der Waals surface area (Å²) < 4.78 is 90.7. The van der Waals surface area contributed by atoms with E-state index in [1.54, 1.807) is 0 Å². The van der Waals surface area contributed by atoms with E-state index in [-0.39, 0.29) is 0 Å². The number of nitrogens with zero attached hydrogens (tertiary/aromatic N) is 2. The molecule has 176 valence electrons. The Morgan fingerprint density at radius 1 is 0.719 bits per heavy atom. The van der Waals surface area contributed by atoms with Crippen molar-refractivity contribution in [3.63, 3.8) is 0 Å². The van der Waals surface area contributed by atoms with Gasteiger partial charge >= 0.3 is 18.4 Å². The molecule has 0 fully saturated rings. The third kappa shape index (κ3) is 8.39. The molecule has 8 nitrogen and oxygen atoms in total. The van der Waals surface area contributed by atoms with E-state index in [2.05, 4.69) is 9.47 Å².